The van der Waals surface area contributed by atoms with E-state index in [1.54, 1.807) is 24.3 Å². The molecule has 0 saturated heterocycles. The number of nitrogens with one attached hydrogen (secondary N) is 1. The lowest BCUT2D eigenvalue weighted by Gasteiger charge is -2.14. The van der Waals surface area contributed by atoms with Crippen molar-refractivity contribution in [1.82, 2.24) is 5.32 Å². The van der Waals surface area contributed by atoms with E-state index in [0.717, 1.165) is 5.56 Å². The molecule has 1 atom stereocenters. The molecule has 7 heteroatoms. The Morgan fingerprint density at radius 3 is 2.45 bits per heavy atom. The van der Waals surface area contributed by atoms with Crippen LogP contribution in [-0.2, 0) is 20.9 Å². The van der Waals surface area contributed by atoms with E-state index in [9.17, 15) is 14.4 Å². The number of amides is 1. The number of aliphatic carboxylic acids is 1. The van der Waals surface area contributed by atoms with Gasteiger partial charge in [-0.15, -0.1) is 11.6 Å². The van der Waals surface area contributed by atoms with E-state index >= 15 is 0 Å². The number of carbonyl (C=O) groups is 3. The van der Waals surface area contributed by atoms with E-state index < -0.39 is 30.3 Å². The van der Waals surface area contributed by atoms with Gasteiger partial charge in [-0.3, -0.25) is 9.59 Å². The molecule has 20 heavy (non-hydrogen) atoms. The van der Waals surface area contributed by atoms with Crippen molar-refractivity contribution in [2.45, 2.75) is 19.1 Å². The van der Waals surface area contributed by atoms with Gasteiger partial charge in [0, 0.05) is 0 Å². The number of alkyl halides is 1. The molecule has 0 aromatic heterocycles. The van der Waals surface area contributed by atoms with Crippen LogP contribution in [0.4, 0.5) is 4.79 Å². The van der Waals surface area contributed by atoms with E-state index in [1.807, 2.05) is 6.07 Å². The second kappa shape index (κ2) is 8.16. The summed E-state index contributed by atoms with van der Waals surface area (Å²) < 4.78 is 4.90. The average Bonchev–Trinajstić information content (AvgIpc) is 2.44. The van der Waals surface area contributed by atoms with Gasteiger partial charge in [0.05, 0.1) is 12.3 Å². The van der Waals surface area contributed by atoms with Gasteiger partial charge in [0.25, 0.3) is 0 Å². The molecular weight excluding hydrogens is 286 g/mol. The summed E-state index contributed by atoms with van der Waals surface area (Å²) in [6.07, 6.45) is -1.40. The zero-order valence-electron chi connectivity index (χ0n) is 10.5. The largest absolute Gasteiger partial charge is 0.481 e. The quantitative estimate of drug-likeness (QED) is 0.745. The van der Waals surface area contributed by atoms with Crippen LogP contribution < -0.4 is 5.32 Å². The lowest BCUT2D eigenvalue weighted by Crippen LogP contribution is -2.43. The SMILES string of the molecule is O=C(O)C[C@H](NC(=O)OCc1ccccc1)C(=O)CCl. The summed E-state index contributed by atoms with van der Waals surface area (Å²) in [4.78, 5) is 33.5. The van der Waals surface area contributed by atoms with Crippen LogP contribution in [0.3, 0.4) is 0 Å². The Morgan fingerprint density at radius 2 is 1.90 bits per heavy atom. The summed E-state index contributed by atoms with van der Waals surface area (Å²) in [7, 11) is 0. The summed E-state index contributed by atoms with van der Waals surface area (Å²) >= 11 is 5.35. The Morgan fingerprint density at radius 1 is 1.25 bits per heavy atom. The molecule has 2 N–H and O–H groups in total. The van der Waals surface area contributed by atoms with Gasteiger partial charge in [0.2, 0.25) is 0 Å². The number of carbonyl (C=O) groups excluding carboxylic acids is 2. The third kappa shape index (κ3) is 5.71. The van der Waals surface area contributed by atoms with Crippen molar-refractivity contribution >= 4 is 29.4 Å². The van der Waals surface area contributed by atoms with Gasteiger partial charge >= 0.3 is 12.1 Å². The summed E-state index contributed by atoms with van der Waals surface area (Å²) in [6, 6.07) is 7.76. The number of ether oxygens (including phenoxy) is 1. The number of alkyl carbamates (subject to hydrolysis) is 1. The number of ketones is 1. The van der Waals surface area contributed by atoms with Crippen LogP contribution in [0.2, 0.25) is 0 Å². The molecule has 0 saturated carbocycles. The molecule has 1 amide bonds. The highest BCUT2D eigenvalue weighted by Gasteiger charge is 2.23. The van der Waals surface area contributed by atoms with Crippen LogP contribution in [0.5, 0.6) is 0 Å². The van der Waals surface area contributed by atoms with Crippen LogP contribution >= 0.6 is 11.6 Å². The van der Waals surface area contributed by atoms with Crippen LogP contribution in [0, 0.1) is 0 Å². The van der Waals surface area contributed by atoms with Crippen LogP contribution in [0.1, 0.15) is 12.0 Å². The number of Topliss-reactive ketones (excluding diaryl/α,β-unsaturated/α-hetero) is 1. The van der Waals surface area contributed by atoms with E-state index in [2.05, 4.69) is 5.32 Å². The second-order valence-electron chi connectivity index (χ2n) is 3.96. The van der Waals surface area contributed by atoms with Crippen molar-refractivity contribution < 1.29 is 24.2 Å². The highest BCUT2D eigenvalue weighted by molar-refractivity contribution is 6.28. The summed E-state index contributed by atoms with van der Waals surface area (Å²) in [5, 5.41) is 10.9. The number of rotatable bonds is 7. The van der Waals surface area contributed by atoms with Crippen molar-refractivity contribution in [1.29, 1.82) is 0 Å². The van der Waals surface area contributed by atoms with Crippen molar-refractivity contribution in [3.05, 3.63) is 35.9 Å². The Kier molecular flexibility index (Phi) is 6.52. The molecule has 0 fully saturated rings. The maximum absolute atomic E-state index is 11.5. The third-order valence-electron chi connectivity index (χ3n) is 2.40. The topological polar surface area (TPSA) is 92.7 Å². The molecule has 0 radical (unpaired) electrons. The zero-order chi connectivity index (χ0) is 15.0. The molecule has 0 heterocycles. The van der Waals surface area contributed by atoms with Crippen molar-refractivity contribution in [3.8, 4) is 0 Å². The first kappa shape index (κ1) is 16.0. The Hall–Kier alpha value is -2.08. The molecule has 1 aromatic rings. The summed E-state index contributed by atoms with van der Waals surface area (Å²) in [6.45, 7) is 0.0293. The molecule has 6 nitrogen and oxygen atoms in total. The van der Waals surface area contributed by atoms with Gasteiger partial charge in [-0.1, -0.05) is 30.3 Å². The number of carboxylic acids is 1. The smallest absolute Gasteiger partial charge is 0.408 e. The van der Waals surface area contributed by atoms with Gasteiger partial charge in [0.15, 0.2) is 5.78 Å². The monoisotopic (exact) mass is 299 g/mol. The van der Waals surface area contributed by atoms with Crippen molar-refractivity contribution in [2.24, 2.45) is 0 Å². The van der Waals surface area contributed by atoms with E-state index in [1.165, 1.54) is 0 Å². The highest BCUT2D eigenvalue weighted by Crippen LogP contribution is 2.02. The average molecular weight is 300 g/mol. The minimum atomic E-state index is -1.21. The van der Waals surface area contributed by atoms with Gasteiger partial charge in [0.1, 0.15) is 12.6 Å². The molecule has 1 aromatic carbocycles. The first-order valence-corrected chi connectivity index (χ1v) is 6.34. The van der Waals surface area contributed by atoms with E-state index in [4.69, 9.17) is 21.4 Å². The lowest BCUT2D eigenvalue weighted by molar-refractivity contribution is -0.139. The standard InChI is InChI=1S/C13H14ClNO5/c14-7-11(16)10(6-12(17)18)15-13(19)20-8-9-4-2-1-3-5-9/h1-5,10H,6-8H2,(H,15,19)(H,17,18)/t10-/m0/s1. The summed E-state index contributed by atoms with van der Waals surface area (Å²) in [5.41, 5.74) is 0.779. The molecule has 0 spiro atoms. The lowest BCUT2D eigenvalue weighted by atomic mass is 10.1. The molecule has 0 aliphatic heterocycles. The maximum Gasteiger partial charge on any atom is 0.408 e. The van der Waals surface area contributed by atoms with E-state index in [0.29, 0.717) is 0 Å². The fraction of sp³-hybridized carbons (Fsp3) is 0.308. The molecular formula is C13H14ClNO5. The molecule has 108 valence electrons. The predicted octanol–water partition coefficient (Wildman–Crippen LogP) is 1.56. The molecule has 0 bridgehead atoms. The molecule has 0 aliphatic rings. The number of hydrogen-bond acceptors (Lipinski definition) is 4. The van der Waals surface area contributed by atoms with Crippen LogP contribution in [0.25, 0.3) is 0 Å². The summed E-state index contributed by atoms with van der Waals surface area (Å²) in [5.74, 6) is -2.17. The maximum atomic E-state index is 11.5. The highest BCUT2D eigenvalue weighted by atomic mass is 35.5. The number of benzene rings is 1. The van der Waals surface area contributed by atoms with Crippen LogP contribution in [-0.4, -0.2) is 34.9 Å². The molecule has 0 unspecified atom stereocenters. The van der Waals surface area contributed by atoms with Gasteiger partial charge < -0.3 is 15.2 Å². The number of halogens is 1. The van der Waals surface area contributed by atoms with Gasteiger partial charge in [-0.05, 0) is 5.56 Å². The third-order valence-corrected chi connectivity index (χ3v) is 2.67. The number of hydrogen-bond donors (Lipinski definition) is 2. The zero-order valence-corrected chi connectivity index (χ0v) is 11.3. The first-order valence-electron chi connectivity index (χ1n) is 5.80. The predicted molar refractivity (Wildman–Crippen MR) is 71.5 cm³/mol. The van der Waals surface area contributed by atoms with Crippen molar-refractivity contribution in [3.63, 3.8) is 0 Å². The fourth-order valence-corrected chi connectivity index (χ4v) is 1.61. The Labute approximate surface area is 120 Å². The van der Waals surface area contributed by atoms with E-state index in [-0.39, 0.29) is 12.5 Å². The normalized spacial score (nSPS) is 11.4. The van der Waals surface area contributed by atoms with Gasteiger partial charge in [-0.2, -0.15) is 0 Å². The Balaban J connectivity index is 2.49. The Bertz CT molecular complexity index is 477. The first-order chi connectivity index (χ1) is 9.52. The number of carboxylic acid groups (broad SMARTS) is 1. The second-order valence-corrected chi connectivity index (χ2v) is 4.22. The van der Waals surface area contributed by atoms with Crippen molar-refractivity contribution in [2.75, 3.05) is 5.88 Å². The van der Waals surface area contributed by atoms with Crippen LogP contribution in [0.15, 0.2) is 30.3 Å². The minimum Gasteiger partial charge on any atom is -0.481 e. The fourth-order valence-electron chi connectivity index (χ4n) is 1.42. The minimum absolute atomic E-state index is 0.0293. The molecule has 0 aliphatic carbocycles. The molecule has 1 rings (SSSR count). The van der Waals surface area contributed by atoms with Gasteiger partial charge in [-0.25, -0.2) is 4.79 Å².